The van der Waals surface area contributed by atoms with Crippen LogP contribution in [0.3, 0.4) is 0 Å². The Hall–Kier alpha value is -2.68. The second-order valence-electron chi connectivity index (χ2n) is 6.96. The Morgan fingerprint density at radius 2 is 2.16 bits per heavy atom. The summed E-state index contributed by atoms with van der Waals surface area (Å²) >= 11 is 0. The highest BCUT2D eigenvalue weighted by atomic mass is 15.3. The molecule has 1 aliphatic rings. The first-order valence-electron chi connectivity index (χ1n) is 9.05. The van der Waals surface area contributed by atoms with Crippen molar-refractivity contribution >= 4 is 11.0 Å². The molecule has 1 N–H and O–H groups in total. The van der Waals surface area contributed by atoms with E-state index in [4.69, 9.17) is 0 Å². The molecule has 0 aliphatic heterocycles. The van der Waals surface area contributed by atoms with Gasteiger partial charge in [-0.15, -0.1) is 5.10 Å². The number of nitrogens with one attached hydrogen (secondary N) is 1. The Labute approximate surface area is 146 Å². The van der Waals surface area contributed by atoms with Gasteiger partial charge >= 0.3 is 0 Å². The van der Waals surface area contributed by atoms with E-state index in [1.165, 1.54) is 32.1 Å². The lowest BCUT2D eigenvalue weighted by atomic mass is 9.84. The molecule has 1 saturated carbocycles. The quantitative estimate of drug-likeness (QED) is 0.756. The van der Waals surface area contributed by atoms with E-state index in [0.29, 0.717) is 6.42 Å². The van der Waals surface area contributed by atoms with Crippen LogP contribution in [0.2, 0.25) is 0 Å². The van der Waals surface area contributed by atoms with Crippen LogP contribution in [0, 0.1) is 17.2 Å². The van der Waals surface area contributed by atoms with Gasteiger partial charge in [-0.1, -0.05) is 32.1 Å². The summed E-state index contributed by atoms with van der Waals surface area (Å²) in [6, 6.07) is 4.50. The monoisotopic (exact) mass is 334 g/mol. The summed E-state index contributed by atoms with van der Waals surface area (Å²) in [4.78, 5) is 3.09. The highest BCUT2D eigenvalue weighted by Crippen LogP contribution is 2.33. The Morgan fingerprint density at radius 3 is 3.00 bits per heavy atom. The summed E-state index contributed by atoms with van der Waals surface area (Å²) in [7, 11) is 0. The number of hydrogen-bond donors (Lipinski definition) is 1. The minimum absolute atomic E-state index is 0.151. The normalized spacial score (nSPS) is 16.8. The average molecular weight is 334 g/mol. The number of hydrogen-bond acceptors (Lipinski definition) is 4. The molecule has 0 aromatic carbocycles. The molecular formula is C19H22N6. The van der Waals surface area contributed by atoms with E-state index in [2.05, 4.69) is 26.3 Å². The van der Waals surface area contributed by atoms with E-state index in [9.17, 15) is 5.26 Å². The molecule has 0 unspecified atom stereocenters. The van der Waals surface area contributed by atoms with Gasteiger partial charge in [0.2, 0.25) is 0 Å². The van der Waals surface area contributed by atoms with Crippen molar-refractivity contribution in [2.75, 3.05) is 0 Å². The van der Waals surface area contributed by atoms with Gasteiger partial charge in [-0.25, -0.2) is 0 Å². The third kappa shape index (κ3) is 3.27. The largest absolute Gasteiger partial charge is 0.345 e. The number of rotatable bonds is 5. The lowest BCUT2D eigenvalue weighted by Crippen LogP contribution is -2.16. The fourth-order valence-corrected chi connectivity index (χ4v) is 3.98. The predicted molar refractivity (Wildman–Crippen MR) is 95.6 cm³/mol. The molecule has 0 spiro atoms. The number of nitriles is 1. The van der Waals surface area contributed by atoms with Crippen molar-refractivity contribution in [3.63, 3.8) is 0 Å². The summed E-state index contributed by atoms with van der Waals surface area (Å²) in [6.45, 7) is 0. The molecule has 3 heterocycles. The lowest BCUT2D eigenvalue weighted by Gasteiger charge is -2.25. The van der Waals surface area contributed by atoms with Crippen LogP contribution in [0.25, 0.3) is 22.2 Å². The van der Waals surface area contributed by atoms with Gasteiger partial charge in [-0.05, 0) is 18.4 Å². The van der Waals surface area contributed by atoms with E-state index in [-0.39, 0.29) is 6.04 Å². The summed E-state index contributed by atoms with van der Waals surface area (Å²) in [6.07, 6.45) is 15.7. The van der Waals surface area contributed by atoms with Crippen LogP contribution in [-0.2, 0) is 0 Å². The zero-order valence-corrected chi connectivity index (χ0v) is 14.2. The van der Waals surface area contributed by atoms with Gasteiger partial charge < -0.3 is 4.98 Å². The van der Waals surface area contributed by atoms with Crippen LogP contribution < -0.4 is 0 Å². The molecule has 0 amide bonds. The van der Waals surface area contributed by atoms with Gasteiger partial charge in [0.15, 0.2) is 5.65 Å². The van der Waals surface area contributed by atoms with Gasteiger partial charge in [0, 0.05) is 28.9 Å². The fourth-order valence-electron chi connectivity index (χ4n) is 3.98. The van der Waals surface area contributed by atoms with E-state index >= 15 is 0 Å². The van der Waals surface area contributed by atoms with Gasteiger partial charge in [0.05, 0.1) is 30.9 Å². The van der Waals surface area contributed by atoms with Crippen LogP contribution in [0.15, 0.2) is 30.9 Å². The van der Waals surface area contributed by atoms with Crippen molar-refractivity contribution in [1.82, 2.24) is 25.0 Å². The second kappa shape index (κ2) is 7.06. The van der Waals surface area contributed by atoms with E-state index in [1.807, 2.05) is 29.3 Å². The molecule has 3 aromatic heterocycles. The fraction of sp³-hybridized carbons (Fsp3) is 0.474. The van der Waals surface area contributed by atoms with Crippen molar-refractivity contribution in [2.24, 2.45) is 5.92 Å². The summed E-state index contributed by atoms with van der Waals surface area (Å²) in [5.41, 5.74) is 2.82. The minimum Gasteiger partial charge on any atom is -0.345 e. The first kappa shape index (κ1) is 15.8. The molecule has 1 aliphatic carbocycles. The Balaban J connectivity index is 1.59. The minimum atomic E-state index is 0.151. The van der Waals surface area contributed by atoms with E-state index in [1.54, 1.807) is 6.20 Å². The molecule has 25 heavy (non-hydrogen) atoms. The second-order valence-corrected chi connectivity index (χ2v) is 6.96. The molecule has 128 valence electrons. The van der Waals surface area contributed by atoms with Crippen molar-refractivity contribution in [2.45, 2.75) is 51.0 Å². The van der Waals surface area contributed by atoms with Crippen LogP contribution in [0.4, 0.5) is 0 Å². The molecule has 1 fully saturated rings. The number of nitrogens with zero attached hydrogens (tertiary/aromatic N) is 5. The smallest absolute Gasteiger partial charge is 0.160 e. The number of fused-ring (bicyclic) bond motifs is 1. The maximum Gasteiger partial charge on any atom is 0.160 e. The van der Waals surface area contributed by atoms with Crippen LogP contribution in [-0.4, -0.2) is 25.0 Å². The summed E-state index contributed by atoms with van der Waals surface area (Å²) in [5.74, 6) is 0.721. The van der Waals surface area contributed by atoms with Crippen molar-refractivity contribution in [3.05, 3.63) is 30.9 Å². The molecule has 0 bridgehead atoms. The zero-order valence-electron chi connectivity index (χ0n) is 14.2. The van der Waals surface area contributed by atoms with Crippen LogP contribution in [0.1, 0.15) is 51.0 Å². The SMILES string of the molecule is N#CC[C@@H](CC1CCCCC1)n1cc(-c2cnnc3[nH]ccc23)cn1. The highest BCUT2D eigenvalue weighted by molar-refractivity contribution is 5.91. The Kier molecular flexibility index (Phi) is 4.47. The molecule has 3 aromatic rings. The van der Waals surface area contributed by atoms with Gasteiger partial charge in [0.1, 0.15) is 0 Å². The number of aromatic amines is 1. The maximum absolute atomic E-state index is 9.25. The predicted octanol–water partition coefficient (Wildman–Crippen LogP) is 4.25. The number of H-pyrrole nitrogens is 1. The number of aromatic nitrogens is 5. The first-order valence-corrected chi connectivity index (χ1v) is 9.05. The molecule has 0 saturated heterocycles. The third-order valence-electron chi connectivity index (χ3n) is 5.30. The topological polar surface area (TPSA) is 83.2 Å². The average Bonchev–Trinajstić information content (AvgIpc) is 3.31. The van der Waals surface area contributed by atoms with E-state index < -0.39 is 0 Å². The van der Waals surface area contributed by atoms with E-state index in [0.717, 1.165) is 34.5 Å². The summed E-state index contributed by atoms with van der Waals surface area (Å²) < 4.78 is 1.98. The standard InChI is InChI=1S/C19H22N6/c20-8-6-16(10-14-4-2-1-3-5-14)25-13-15(11-23-25)18-12-22-24-19-17(18)7-9-21-19/h7,9,11-14,16H,1-6,10H2,(H,21,24)/t16-/m0/s1. The first-order chi connectivity index (χ1) is 12.3. The highest BCUT2D eigenvalue weighted by Gasteiger charge is 2.21. The zero-order chi connectivity index (χ0) is 17.1. The summed E-state index contributed by atoms with van der Waals surface area (Å²) in [5, 5.41) is 23.0. The van der Waals surface area contributed by atoms with Gasteiger partial charge in [0.25, 0.3) is 0 Å². The molecular weight excluding hydrogens is 312 g/mol. The van der Waals surface area contributed by atoms with Crippen LogP contribution >= 0.6 is 0 Å². The molecule has 6 nitrogen and oxygen atoms in total. The maximum atomic E-state index is 9.25. The van der Waals surface area contributed by atoms with Crippen LogP contribution in [0.5, 0.6) is 0 Å². The molecule has 1 atom stereocenters. The third-order valence-corrected chi connectivity index (χ3v) is 5.30. The molecule has 4 rings (SSSR count). The van der Waals surface area contributed by atoms with Gasteiger partial charge in [-0.2, -0.15) is 15.5 Å². The van der Waals surface area contributed by atoms with Crippen molar-refractivity contribution in [1.29, 1.82) is 5.26 Å². The Bertz CT molecular complexity index is 881. The van der Waals surface area contributed by atoms with Gasteiger partial charge in [-0.3, -0.25) is 4.68 Å². The lowest BCUT2D eigenvalue weighted by molar-refractivity contribution is 0.278. The molecule has 6 heteroatoms. The molecule has 0 radical (unpaired) electrons. The van der Waals surface area contributed by atoms with Crippen molar-refractivity contribution < 1.29 is 0 Å². The Morgan fingerprint density at radius 1 is 1.28 bits per heavy atom. The van der Waals surface area contributed by atoms with Crippen molar-refractivity contribution in [3.8, 4) is 17.2 Å².